The van der Waals surface area contributed by atoms with E-state index in [0.29, 0.717) is 0 Å². The molecular formula is C10H14ClF3N2O2S. The van der Waals surface area contributed by atoms with Crippen molar-refractivity contribution in [1.29, 1.82) is 0 Å². The van der Waals surface area contributed by atoms with Gasteiger partial charge in [0.25, 0.3) is 0 Å². The van der Waals surface area contributed by atoms with Crippen LogP contribution in [0.15, 0.2) is 29.2 Å². The predicted molar refractivity (Wildman–Crippen MR) is 67.5 cm³/mol. The van der Waals surface area contributed by atoms with Crippen LogP contribution in [0.25, 0.3) is 0 Å². The van der Waals surface area contributed by atoms with Crippen molar-refractivity contribution in [2.24, 2.45) is 5.73 Å². The summed E-state index contributed by atoms with van der Waals surface area (Å²) < 4.78 is 62.6. The second-order valence-corrected chi connectivity index (χ2v) is 5.49. The highest BCUT2D eigenvalue weighted by atomic mass is 35.5. The van der Waals surface area contributed by atoms with Crippen molar-refractivity contribution < 1.29 is 21.6 Å². The number of alkyl halides is 3. The summed E-state index contributed by atoms with van der Waals surface area (Å²) in [6.07, 6.45) is -4.49. The van der Waals surface area contributed by atoms with E-state index in [1.54, 1.807) is 6.92 Å². The summed E-state index contributed by atoms with van der Waals surface area (Å²) in [6, 6.07) is 2.78. The lowest BCUT2D eigenvalue weighted by molar-refractivity contribution is -0.137. The molecule has 0 amide bonds. The minimum atomic E-state index is -4.49. The highest BCUT2D eigenvalue weighted by Gasteiger charge is 2.30. The molecule has 1 rings (SSSR count). The molecule has 0 saturated carbocycles. The number of benzene rings is 1. The molecule has 0 aromatic heterocycles. The SMILES string of the molecule is C[C@H](CN)NS(=O)(=O)c1ccc(C(F)(F)F)cc1.Cl. The molecule has 1 aromatic carbocycles. The van der Waals surface area contributed by atoms with E-state index in [-0.39, 0.29) is 23.8 Å². The van der Waals surface area contributed by atoms with Gasteiger partial charge < -0.3 is 5.73 Å². The molecule has 0 aliphatic heterocycles. The normalized spacial score (nSPS) is 13.7. The molecule has 0 spiro atoms. The van der Waals surface area contributed by atoms with Crippen LogP contribution in [-0.4, -0.2) is 21.0 Å². The zero-order valence-electron chi connectivity index (χ0n) is 9.94. The molecule has 0 aliphatic rings. The fraction of sp³-hybridized carbons (Fsp3) is 0.400. The molecule has 0 heterocycles. The number of hydrogen-bond acceptors (Lipinski definition) is 3. The molecule has 0 unspecified atom stereocenters. The van der Waals surface area contributed by atoms with Crippen LogP contribution in [0.5, 0.6) is 0 Å². The maximum Gasteiger partial charge on any atom is 0.416 e. The highest BCUT2D eigenvalue weighted by Crippen LogP contribution is 2.29. The van der Waals surface area contributed by atoms with E-state index in [2.05, 4.69) is 4.72 Å². The molecule has 1 atom stereocenters. The van der Waals surface area contributed by atoms with Gasteiger partial charge in [-0.3, -0.25) is 0 Å². The fourth-order valence-corrected chi connectivity index (χ4v) is 2.46. The Balaban J connectivity index is 0.00000324. The molecule has 0 radical (unpaired) electrons. The van der Waals surface area contributed by atoms with E-state index >= 15 is 0 Å². The smallest absolute Gasteiger partial charge is 0.329 e. The first kappa shape index (κ1) is 18.2. The molecule has 4 nitrogen and oxygen atoms in total. The van der Waals surface area contributed by atoms with E-state index in [1.807, 2.05) is 0 Å². The Hall–Kier alpha value is -0.830. The molecule has 3 N–H and O–H groups in total. The average molecular weight is 319 g/mol. The summed E-state index contributed by atoms with van der Waals surface area (Å²) in [6.45, 7) is 1.65. The van der Waals surface area contributed by atoms with Crippen LogP contribution in [0.3, 0.4) is 0 Å². The fourth-order valence-electron chi connectivity index (χ4n) is 1.20. The van der Waals surface area contributed by atoms with Crippen LogP contribution in [0, 0.1) is 0 Å². The van der Waals surface area contributed by atoms with Gasteiger partial charge in [0.05, 0.1) is 10.5 Å². The number of nitrogens with one attached hydrogen (secondary N) is 1. The van der Waals surface area contributed by atoms with Crippen LogP contribution in [0.2, 0.25) is 0 Å². The molecule has 0 bridgehead atoms. The molecule has 0 fully saturated rings. The van der Waals surface area contributed by atoms with Crippen LogP contribution < -0.4 is 10.5 Å². The van der Waals surface area contributed by atoms with E-state index in [4.69, 9.17) is 5.73 Å². The molecule has 19 heavy (non-hydrogen) atoms. The van der Waals surface area contributed by atoms with Gasteiger partial charge >= 0.3 is 6.18 Å². The summed E-state index contributed by atoms with van der Waals surface area (Å²) in [7, 11) is -3.83. The lowest BCUT2D eigenvalue weighted by atomic mass is 10.2. The lowest BCUT2D eigenvalue weighted by Crippen LogP contribution is -2.37. The minimum absolute atomic E-state index is 0. The van der Waals surface area contributed by atoms with Gasteiger partial charge in [0.1, 0.15) is 0 Å². The zero-order chi connectivity index (χ0) is 14.0. The maximum atomic E-state index is 12.3. The second-order valence-electron chi connectivity index (χ2n) is 3.78. The zero-order valence-corrected chi connectivity index (χ0v) is 11.6. The van der Waals surface area contributed by atoms with Gasteiger partial charge in [0.2, 0.25) is 10.0 Å². The predicted octanol–water partition coefficient (Wildman–Crippen LogP) is 1.75. The number of rotatable bonds is 4. The first-order chi connectivity index (χ1) is 8.16. The molecule has 0 saturated heterocycles. The Morgan fingerprint density at radius 2 is 1.74 bits per heavy atom. The Bertz CT molecular complexity index is 503. The van der Waals surface area contributed by atoms with Gasteiger partial charge in [0, 0.05) is 12.6 Å². The molecule has 0 aliphatic carbocycles. The van der Waals surface area contributed by atoms with Crippen molar-refractivity contribution in [3.8, 4) is 0 Å². The molecular weight excluding hydrogens is 305 g/mol. The van der Waals surface area contributed by atoms with Crippen LogP contribution in [-0.2, 0) is 16.2 Å². The number of hydrogen-bond donors (Lipinski definition) is 2. The standard InChI is InChI=1S/C10H13F3N2O2S.ClH/c1-7(6-14)15-18(16,17)9-4-2-8(3-5-9)10(11,12)13;/h2-5,7,15H,6,14H2,1H3;1H/t7-;/m1./s1. The Kier molecular flexibility index (Phi) is 6.27. The van der Waals surface area contributed by atoms with E-state index in [0.717, 1.165) is 24.3 Å². The van der Waals surface area contributed by atoms with E-state index in [9.17, 15) is 21.6 Å². The Morgan fingerprint density at radius 3 is 2.11 bits per heavy atom. The number of halogens is 4. The van der Waals surface area contributed by atoms with Crippen molar-refractivity contribution in [2.75, 3.05) is 6.54 Å². The third-order valence-electron chi connectivity index (χ3n) is 2.20. The number of nitrogens with two attached hydrogens (primary N) is 1. The van der Waals surface area contributed by atoms with Crippen molar-refractivity contribution >= 4 is 22.4 Å². The largest absolute Gasteiger partial charge is 0.416 e. The molecule has 110 valence electrons. The summed E-state index contributed by atoms with van der Waals surface area (Å²) in [5, 5.41) is 0. The first-order valence-electron chi connectivity index (χ1n) is 5.06. The summed E-state index contributed by atoms with van der Waals surface area (Å²) in [5.41, 5.74) is 4.37. The van der Waals surface area contributed by atoms with Crippen molar-refractivity contribution in [2.45, 2.75) is 24.0 Å². The monoisotopic (exact) mass is 318 g/mol. The van der Waals surface area contributed by atoms with Gasteiger partial charge in [-0.1, -0.05) is 0 Å². The Labute approximate surface area is 115 Å². The number of sulfonamides is 1. The van der Waals surface area contributed by atoms with Gasteiger partial charge in [-0.2, -0.15) is 13.2 Å². The topological polar surface area (TPSA) is 72.2 Å². The third kappa shape index (κ3) is 4.98. The molecule has 9 heteroatoms. The minimum Gasteiger partial charge on any atom is -0.329 e. The van der Waals surface area contributed by atoms with Gasteiger partial charge in [-0.15, -0.1) is 12.4 Å². The Morgan fingerprint density at radius 1 is 1.26 bits per heavy atom. The van der Waals surface area contributed by atoms with Gasteiger partial charge in [0.15, 0.2) is 0 Å². The van der Waals surface area contributed by atoms with Crippen LogP contribution in [0.4, 0.5) is 13.2 Å². The lowest BCUT2D eigenvalue weighted by Gasteiger charge is -2.12. The molecule has 1 aromatic rings. The van der Waals surface area contributed by atoms with Crippen LogP contribution >= 0.6 is 12.4 Å². The van der Waals surface area contributed by atoms with Crippen LogP contribution in [0.1, 0.15) is 12.5 Å². The van der Waals surface area contributed by atoms with E-state index < -0.39 is 27.8 Å². The summed E-state index contributed by atoms with van der Waals surface area (Å²) in [4.78, 5) is -0.226. The van der Waals surface area contributed by atoms with Crippen molar-refractivity contribution in [3.05, 3.63) is 29.8 Å². The average Bonchev–Trinajstić information content (AvgIpc) is 2.27. The summed E-state index contributed by atoms with van der Waals surface area (Å²) >= 11 is 0. The van der Waals surface area contributed by atoms with Gasteiger partial charge in [-0.05, 0) is 31.2 Å². The van der Waals surface area contributed by atoms with Crippen molar-refractivity contribution in [1.82, 2.24) is 4.72 Å². The van der Waals surface area contributed by atoms with Crippen molar-refractivity contribution in [3.63, 3.8) is 0 Å². The maximum absolute atomic E-state index is 12.3. The third-order valence-corrected chi connectivity index (χ3v) is 3.81. The summed E-state index contributed by atoms with van der Waals surface area (Å²) in [5.74, 6) is 0. The quantitative estimate of drug-likeness (QED) is 0.888. The van der Waals surface area contributed by atoms with E-state index in [1.165, 1.54) is 0 Å². The first-order valence-corrected chi connectivity index (χ1v) is 6.55. The highest BCUT2D eigenvalue weighted by molar-refractivity contribution is 7.89. The second kappa shape index (κ2) is 6.56. The van der Waals surface area contributed by atoms with Gasteiger partial charge in [-0.25, -0.2) is 13.1 Å².